The second-order valence-electron chi connectivity index (χ2n) is 6.06. The lowest BCUT2D eigenvalue weighted by atomic mass is 10.2. The van der Waals surface area contributed by atoms with E-state index in [9.17, 15) is 9.59 Å². The van der Waals surface area contributed by atoms with Gasteiger partial charge < -0.3 is 9.47 Å². The Bertz CT molecular complexity index is 1140. The monoisotopic (exact) mass is 520 g/mol. The first-order chi connectivity index (χ1) is 14.9. The Morgan fingerprint density at radius 3 is 2.42 bits per heavy atom. The van der Waals surface area contributed by atoms with E-state index in [1.165, 1.54) is 6.21 Å². The zero-order valence-electron chi connectivity index (χ0n) is 15.8. The summed E-state index contributed by atoms with van der Waals surface area (Å²) in [4.78, 5) is 24.4. The topological polar surface area (TPSA) is 77.0 Å². The first kappa shape index (κ1) is 22.8. The number of esters is 1. The average Bonchev–Trinajstić information content (AvgIpc) is 2.75. The largest absolute Gasteiger partial charge is 0.482 e. The molecule has 0 aliphatic rings. The number of carbonyl (C=O) groups excluding carboxylic acids is 2. The molecule has 6 nitrogen and oxygen atoms in total. The maximum atomic E-state index is 12.4. The zero-order valence-corrected chi connectivity index (χ0v) is 18.9. The minimum atomic E-state index is -0.611. The Morgan fingerprint density at radius 1 is 0.968 bits per heavy atom. The number of hydrogen-bond donors (Lipinski definition) is 1. The molecule has 3 rings (SSSR count). The summed E-state index contributed by atoms with van der Waals surface area (Å²) in [6, 6.07) is 18.4. The first-order valence-electron chi connectivity index (χ1n) is 8.89. The number of para-hydroxylation sites is 1. The quantitative estimate of drug-likeness (QED) is 0.192. The molecule has 0 saturated carbocycles. The number of hydrazone groups is 1. The summed E-state index contributed by atoms with van der Waals surface area (Å²) in [5.74, 6) is -0.456. The van der Waals surface area contributed by atoms with Gasteiger partial charge in [-0.15, -0.1) is 0 Å². The van der Waals surface area contributed by atoms with Crippen LogP contribution in [-0.4, -0.2) is 24.7 Å². The van der Waals surface area contributed by atoms with Crippen molar-refractivity contribution in [1.29, 1.82) is 0 Å². The Kier molecular flexibility index (Phi) is 8.06. The Labute approximate surface area is 196 Å². The molecular formula is C22H15BrCl2N2O4. The van der Waals surface area contributed by atoms with Crippen LogP contribution in [0.15, 0.2) is 76.3 Å². The molecule has 0 atom stereocenters. The second-order valence-corrected chi connectivity index (χ2v) is 7.79. The van der Waals surface area contributed by atoms with Crippen LogP contribution in [0.1, 0.15) is 15.9 Å². The predicted octanol–water partition coefficient (Wildman–Crippen LogP) is 5.50. The predicted molar refractivity (Wildman–Crippen MR) is 123 cm³/mol. The zero-order chi connectivity index (χ0) is 22.2. The molecule has 0 radical (unpaired) electrons. The van der Waals surface area contributed by atoms with Crippen LogP contribution in [-0.2, 0) is 4.79 Å². The van der Waals surface area contributed by atoms with E-state index in [0.717, 1.165) is 4.47 Å². The highest BCUT2D eigenvalue weighted by Gasteiger charge is 2.14. The van der Waals surface area contributed by atoms with Gasteiger partial charge in [0.2, 0.25) is 0 Å². The molecule has 0 saturated heterocycles. The maximum Gasteiger partial charge on any atom is 0.345 e. The van der Waals surface area contributed by atoms with Gasteiger partial charge in [-0.1, -0.05) is 63.4 Å². The lowest BCUT2D eigenvalue weighted by Crippen LogP contribution is -2.24. The van der Waals surface area contributed by atoms with Crippen molar-refractivity contribution in [2.75, 3.05) is 6.61 Å². The van der Waals surface area contributed by atoms with Crippen LogP contribution in [0.2, 0.25) is 10.0 Å². The van der Waals surface area contributed by atoms with Crippen molar-refractivity contribution in [1.82, 2.24) is 5.43 Å². The van der Waals surface area contributed by atoms with E-state index in [1.54, 1.807) is 66.7 Å². The van der Waals surface area contributed by atoms with E-state index < -0.39 is 11.9 Å². The van der Waals surface area contributed by atoms with Crippen molar-refractivity contribution in [3.8, 4) is 11.5 Å². The number of carbonyl (C=O) groups is 2. The van der Waals surface area contributed by atoms with Gasteiger partial charge in [0.15, 0.2) is 6.61 Å². The van der Waals surface area contributed by atoms with Crippen LogP contribution in [0.3, 0.4) is 0 Å². The van der Waals surface area contributed by atoms with E-state index in [4.69, 9.17) is 32.7 Å². The molecule has 1 N–H and O–H groups in total. The van der Waals surface area contributed by atoms with Crippen LogP contribution >= 0.6 is 39.1 Å². The number of halogens is 3. The number of rotatable bonds is 7. The molecule has 3 aromatic carbocycles. The van der Waals surface area contributed by atoms with Gasteiger partial charge >= 0.3 is 5.97 Å². The standard InChI is InChI=1S/C22H15BrCl2N2O4/c23-15-9-10-19(31-22(29)16-5-1-2-6-17(16)24)14(11-15)12-26-27-21(28)13-30-20-8-4-3-7-18(20)25/h1-12H,13H2,(H,27,28)/b26-12+. The van der Waals surface area contributed by atoms with Gasteiger partial charge in [0.25, 0.3) is 5.91 Å². The number of nitrogens with zero attached hydrogens (tertiary/aromatic N) is 1. The van der Waals surface area contributed by atoms with Gasteiger partial charge in [0.05, 0.1) is 21.8 Å². The number of benzene rings is 3. The van der Waals surface area contributed by atoms with E-state index in [2.05, 4.69) is 26.5 Å². The summed E-state index contributed by atoms with van der Waals surface area (Å²) in [7, 11) is 0. The third kappa shape index (κ3) is 6.55. The average molecular weight is 522 g/mol. The molecule has 158 valence electrons. The molecule has 0 spiro atoms. The third-order valence-electron chi connectivity index (χ3n) is 3.86. The van der Waals surface area contributed by atoms with Crippen LogP contribution in [0.4, 0.5) is 0 Å². The molecular weight excluding hydrogens is 507 g/mol. The number of ether oxygens (including phenoxy) is 2. The van der Waals surface area contributed by atoms with E-state index in [1.807, 2.05) is 0 Å². The molecule has 0 aliphatic carbocycles. The molecule has 0 fully saturated rings. The number of hydrogen-bond acceptors (Lipinski definition) is 5. The van der Waals surface area contributed by atoms with Gasteiger partial charge in [0.1, 0.15) is 11.5 Å². The van der Waals surface area contributed by atoms with E-state index in [-0.39, 0.29) is 22.9 Å². The summed E-state index contributed by atoms with van der Waals surface area (Å²) in [6.45, 7) is -0.270. The molecule has 0 aliphatic heterocycles. The highest BCUT2D eigenvalue weighted by molar-refractivity contribution is 9.10. The molecule has 9 heteroatoms. The van der Waals surface area contributed by atoms with Gasteiger partial charge in [-0.25, -0.2) is 10.2 Å². The molecule has 3 aromatic rings. The van der Waals surface area contributed by atoms with E-state index >= 15 is 0 Å². The normalized spacial score (nSPS) is 10.7. The van der Waals surface area contributed by atoms with Crippen molar-refractivity contribution >= 4 is 57.2 Å². The van der Waals surface area contributed by atoms with E-state index in [0.29, 0.717) is 16.3 Å². The highest BCUT2D eigenvalue weighted by atomic mass is 79.9. The summed E-state index contributed by atoms with van der Waals surface area (Å²) >= 11 is 15.4. The lowest BCUT2D eigenvalue weighted by Gasteiger charge is -2.09. The van der Waals surface area contributed by atoms with Crippen molar-refractivity contribution in [2.45, 2.75) is 0 Å². The van der Waals surface area contributed by atoms with Crippen molar-refractivity contribution < 1.29 is 19.1 Å². The smallest absolute Gasteiger partial charge is 0.345 e. The fraction of sp³-hybridized carbons (Fsp3) is 0.0455. The highest BCUT2D eigenvalue weighted by Crippen LogP contribution is 2.25. The molecule has 0 bridgehead atoms. The van der Waals surface area contributed by atoms with Crippen LogP contribution in [0.25, 0.3) is 0 Å². The Balaban J connectivity index is 1.64. The van der Waals surface area contributed by atoms with Crippen LogP contribution in [0, 0.1) is 0 Å². The SMILES string of the molecule is O=C(COc1ccccc1Cl)N/N=C/c1cc(Br)ccc1OC(=O)c1ccccc1Cl. The minimum absolute atomic E-state index is 0.236. The number of amides is 1. The summed E-state index contributed by atoms with van der Waals surface area (Å²) in [5, 5.41) is 4.58. The van der Waals surface area contributed by atoms with Gasteiger partial charge in [-0.3, -0.25) is 4.79 Å². The van der Waals surface area contributed by atoms with Gasteiger partial charge in [-0.2, -0.15) is 5.10 Å². The third-order valence-corrected chi connectivity index (χ3v) is 4.99. The number of nitrogens with one attached hydrogen (secondary N) is 1. The van der Waals surface area contributed by atoms with Crippen LogP contribution < -0.4 is 14.9 Å². The maximum absolute atomic E-state index is 12.4. The van der Waals surface area contributed by atoms with Gasteiger partial charge in [-0.05, 0) is 42.5 Å². The van der Waals surface area contributed by atoms with Crippen molar-refractivity contribution in [2.24, 2.45) is 5.10 Å². The molecule has 0 unspecified atom stereocenters. The molecule has 0 aromatic heterocycles. The summed E-state index contributed by atoms with van der Waals surface area (Å²) in [6.07, 6.45) is 1.35. The molecule has 0 heterocycles. The molecule has 31 heavy (non-hydrogen) atoms. The van der Waals surface area contributed by atoms with Gasteiger partial charge in [0, 0.05) is 10.0 Å². The fourth-order valence-electron chi connectivity index (χ4n) is 2.41. The summed E-state index contributed by atoms with van der Waals surface area (Å²) < 4.78 is 11.5. The van der Waals surface area contributed by atoms with Crippen molar-refractivity contribution in [3.63, 3.8) is 0 Å². The Hall–Kier alpha value is -2.87. The molecule has 1 amide bonds. The minimum Gasteiger partial charge on any atom is -0.482 e. The van der Waals surface area contributed by atoms with Crippen molar-refractivity contribution in [3.05, 3.63) is 92.4 Å². The fourth-order valence-corrected chi connectivity index (χ4v) is 3.19. The summed E-state index contributed by atoms with van der Waals surface area (Å²) in [5.41, 5.74) is 3.04. The lowest BCUT2D eigenvalue weighted by molar-refractivity contribution is -0.123. The second kappa shape index (κ2) is 10.9. The van der Waals surface area contributed by atoms with Crippen LogP contribution in [0.5, 0.6) is 11.5 Å². The Morgan fingerprint density at radius 2 is 1.68 bits per heavy atom. The first-order valence-corrected chi connectivity index (χ1v) is 10.4.